The second-order valence-corrected chi connectivity index (χ2v) is 4.62. The maximum absolute atomic E-state index is 12.9. The van der Waals surface area contributed by atoms with Crippen LogP contribution < -0.4 is 0 Å². The van der Waals surface area contributed by atoms with Gasteiger partial charge in [0.15, 0.2) is 0 Å². The first kappa shape index (κ1) is 14.6. The lowest BCUT2D eigenvalue weighted by atomic mass is 9.91. The molecule has 1 aromatic rings. The van der Waals surface area contributed by atoms with Gasteiger partial charge in [-0.3, -0.25) is 0 Å². The summed E-state index contributed by atoms with van der Waals surface area (Å²) in [5.74, 6) is -0.733. The SMILES string of the molecule is CCOC(=O)c1cc(C(F)(F)F)cc2c1C(CC)C=C2. The predicted octanol–water partition coefficient (Wildman–Crippen LogP) is 4.40. The van der Waals surface area contributed by atoms with E-state index in [1.165, 1.54) is 0 Å². The lowest BCUT2D eigenvalue weighted by Crippen LogP contribution is -2.14. The quantitative estimate of drug-likeness (QED) is 0.769. The van der Waals surface area contributed by atoms with Gasteiger partial charge in [-0.15, -0.1) is 0 Å². The van der Waals surface area contributed by atoms with Crippen molar-refractivity contribution >= 4 is 12.0 Å². The molecule has 0 bridgehead atoms. The summed E-state index contributed by atoms with van der Waals surface area (Å²) in [4.78, 5) is 11.9. The summed E-state index contributed by atoms with van der Waals surface area (Å²) >= 11 is 0. The van der Waals surface area contributed by atoms with Crippen LogP contribution in [-0.2, 0) is 10.9 Å². The normalized spacial score (nSPS) is 17.1. The number of fused-ring (bicyclic) bond motifs is 1. The lowest BCUT2D eigenvalue weighted by molar-refractivity contribution is -0.137. The van der Waals surface area contributed by atoms with Gasteiger partial charge >= 0.3 is 12.1 Å². The molecule has 0 aromatic heterocycles. The van der Waals surface area contributed by atoms with Crippen molar-refractivity contribution in [1.29, 1.82) is 0 Å². The van der Waals surface area contributed by atoms with E-state index in [9.17, 15) is 18.0 Å². The number of alkyl halides is 3. The zero-order valence-electron chi connectivity index (χ0n) is 11.3. The molecule has 1 unspecified atom stereocenters. The zero-order chi connectivity index (χ0) is 14.9. The molecule has 5 heteroatoms. The summed E-state index contributed by atoms with van der Waals surface area (Å²) in [6, 6.07) is 1.98. The van der Waals surface area contributed by atoms with Gasteiger partial charge in [0, 0.05) is 5.92 Å². The maximum Gasteiger partial charge on any atom is 0.416 e. The van der Waals surface area contributed by atoms with E-state index in [-0.39, 0.29) is 18.1 Å². The third-order valence-electron chi connectivity index (χ3n) is 3.35. The van der Waals surface area contributed by atoms with Crippen molar-refractivity contribution < 1.29 is 22.7 Å². The predicted molar refractivity (Wildman–Crippen MR) is 69.5 cm³/mol. The van der Waals surface area contributed by atoms with Crippen molar-refractivity contribution in [3.05, 3.63) is 40.5 Å². The van der Waals surface area contributed by atoms with Crippen molar-refractivity contribution in [3.8, 4) is 0 Å². The molecular formula is C15H15F3O2. The van der Waals surface area contributed by atoms with Gasteiger partial charge in [0.2, 0.25) is 0 Å². The summed E-state index contributed by atoms with van der Waals surface area (Å²) in [6.07, 6.45) is -0.287. The highest BCUT2D eigenvalue weighted by molar-refractivity contribution is 5.94. The van der Waals surface area contributed by atoms with Crippen LogP contribution in [0.25, 0.3) is 6.08 Å². The maximum atomic E-state index is 12.9. The number of esters is 1. The second kappa shape index (κ2) is 5.31. The third-order valence-corrected chi connectivity index (χ3v) is 3.35. The Morgan fingerprint density at radius 2 is 2.00 bits per heavy atom. The fourth-order valence-corrected chi connectivity index (χ4v) is 2.43. The molecule has 2 rings (SSSR count). The van der Waals surface area contributed by atoms with E-state index in [1.807, 2.05) is 13.0 Å². The van der Waals surface area contributed by atoms with Gasteiger partial charge in [-0.25, -0.2) is 4.79 Å². The minimum absolute atomic E-state index is 0.0218. The molecule has 0 saturated heterocycles. The number of carbonyl (C=O) groups excluding carboxylic acids is 1. The number of rotatable bonds is 3. The highest BCUT2D eigenvalue weighted by atomic mass is 19.4. The van der Waals surface area contributed by atoms with Gasteiger partial charge in [0.05, 0.1) is 17.7 Å². The Bertz CT molecular complexity index is 559. The first-order chi connectivity index (χ1) is 9.38. The summed E-state index contributed by atoms with van der Waals surface area (Å²) in [7, 11) is 0. The summed E-state index contributed by atoms with van der Waals surface area (Å²) in [6.45, 7) is 3.69. The Morgan fingerprint density at radius 1 is 1.30 bits per heavy atom. The Labute approximate surface area is 115 Å². The number of hydrogen-bond donors (Lipinski definition) is 0. The van der Waals surface area contributed by atoms with E-state index in [2.05, 4.69) is 0 Å². The summed E-state index contributed by atoms with van der Waals surface area (Å²) < 4.78 is 43.5. The zero-order valence-corrected chi connectivity index (χ0v) is 11.3. The van der Waals surface area contributed by atoms with Gasteiger partial charge < -0.3 is 4.74 Å². The molecule has 1 atom stereocenters. The topological polar surface area (TPSA) is 26.3 Å². The Balaban J connectivity index is 2.59. The number of carbonyl (C=O) groups is 1. The van der Waals surface area contributed by atoms with Crippen LogP contribution in [0.4, 0.5) is 13.2 Å². The lowest BCUT2D eigenvalue weighted by Gasteiger charge is -2.16. The highest BCUT2D eigenvalue weighted by Crippen LogP contribution is 2.40. The molecule has 1 aromatic carbocycles. The van der Waals surface area contributed by atoms with Gasteiger partial charge in [-0.1, -0.05) is 19.1 Å². The molecule has 0 heterocycles. The van der Waals surface area contributed by atoms with Gasteiger partial charge in [0.1, 0.15) is 0 Å². The molecule has 0 fully saturated rings. The molecule has 2 nitrogen and oxygen atoms in total. The first-order valence-corrected chi connectivity index (χ1v) is 6.49. The molecule has 0 aliphatic heterocycles. The van der Waals surface area contributed by atoms with Crippen LogP contribution in [-0.4, -0.2) is 12.6 Å². The Kier molecular flexibility index (Phi) is 3.88. The van der Waals surface area contributed by atoms with E-state index in [4.69, 9.17) is 4.74 Å². The molecule has 108 valence electrons. The molecular weight excluding hydrogens is 269 g/mol. The van der Waals surface area contributed by atoms with Gasteiger partial charge in [-0.05, 0) is 36.6 Å². The van der Waals surface area contributed by atoms with Crippen molar-refractivity contribution in [1.82, 2.24) is 0 Å². The second-order valence-electron chi connectivity index (χ2n) is 4.62. The van der Waals surface area contributed by atoms with E-state index in [1.54, 1.807) is 13.0 Å². The number of halogens is 3. The summed E-state index contributed by atoms with van der Waals surface area (Å²) in [5, 5.41) is 0. The molecule has 0 amide bonds. The minimum Gasteiger partial charge on any atom is -0.462 e. The van der Waals surface area contributed by atoms with E-state index in [0.29, 0.717) is 11.1 Å². The Hall–Kier alpha value is -1.78. The van der Waals surface area contributed by atoms with Crippen LogP contribution in [0.5, 0.6) is 0 Å². The van der Waals surface area contributed by atoms with E-state index < -0.39 is 17.7 Å². The molecule has 1 aliphatic carbocycles. The van der Waals surface area contributed by atoms with Crippen molar-refractivity contribution in [2.45, 2.75) is 32.4 Å². The van der Waals surface area contributed by atoms with Crippen molar-refractivity contribution in [2.24, 2.45) is 0 Å². The fraction of sp³-hybridized carbons (Fsp3) is 0.400. The molecule has 20 heavy (non-hydrogen) atoms. The number of allylic oxidation sites excluding steroid dienone is 1. The van der Waals surface area contributed by atoms with Crippen LogP contribution in [0, 0.1) is 0 Å². The summed E-state index contributed by atoms with van der Waals surface area (Å²) in [5.41, 5.74) is 0.294. The third kappa shape index (κ3) is 2.57. The number of hydrogen-bond acceptors (Lipinski definition) is 2. The minimum atomic E-state index is -4.48. The largest absolute Gasteiger partial charge is 0.462 e. The van der Waals surface area contributed by atoms with E-state index in [0.717, 1.165) is 18.6 Å². The fourth-order valence-electron chi connectivity index (χ4n) is 2.43. The molecule has 0 saturated carbocycles. The smallest absolute Gasteiger partial charge is 0.416 e. The Morgan fingerprint density at radius 3 is 2.55 bits per heavy atom. The van der Waals surface area contributed by atoms with Gasteiger partial charge in [0.25, 0.3) is 0 Å². The van der Waals surface area contributed by atoms with Crippen LogP contribution in [0.15, 0.2) is 18.2 Å². The van der Waals surface area contributed by atoms with Gasteiger partial charge in [-0.2, -0.15) is 13.2 Å². The standard InChI is InChI=1S/C15H15F3O2/c1-3-9-5-6-10-7-11(15(16,17)18)8-12(13(9)10)14(19)20-4-2/h5-9H,3-4H2,1-2H3. The first-order valence-electron chi connectivity index (χ1n) is 6.49. The molecule has 0 N–H and O–H groups in total. The van der Waals surface area contributed by atoms with E-state index >= 15 is 0 Å². The number of ether oxygens (including phenoxy) is 1. The van der Waals surface area contributed by atoms with Crippen LogP contribution >= 0.6 is 0 Å². The highest BCUT2D eigenvalue weighted by Gasteiger charge is 2.34. The van der Waals surface area contributed by atoms with Crippen molar-refractivity contribution in [2.75, 3.05) is 6.61 Å². The average molecular weight is 284 g/mol. The molecule has 0 spiro atoms. The van der Waals surface area contributed by atoms with Crippen LogP contribution in [0.3, 0.4) is 0 Å². The monoisotopic (exact) mass is 284 g/mol. The molecule has 0 radical (unpaired) electrons. The number of benzene rings is 1. The molecule has 1 aliphatic rings. The average Bonchev–Trinajstić information content (AvgIpc) is 2.79. The van der Waals surface area contributed by atoms with Crippen LogP contribution in [0.2, 0.25) is 0 Å². The van der Waals surface area contributed by atoms with Crippen molar-refractivity contribution in [3.63, 3.8) is 0 Å². The van der Waals surface area contributed by atoms with Crippen LogP contribution in [0.1, 0.15) is 53.2 Å².